The molecular weight excluding hydrogens is 230 g/mol. The van der Waals surface area contributed by atoms with Crippen LogP contribution in [0, 0.1) is 0 Å². The number of aryl methyl sites for hydroxylation is 1. The number of hydrogen-bond donors (Lipinski definition) is 1. The summed E-state index contributed by atoms with van der Waals surface area (Å²) in [6.45, 7) is 3.56. The highest BCUT2D eigenvalue weighted by Gasteiger charge is 2.22. The number of rotatable bonds is 8. The number of methoxy groups -OCH3 is 1. The van der Waals surface area contributed by atoms with Crippen molar-refractivity contribution in [3.63, 3.8) is 0 Å². The maximum Gasteiger partial charge on any atom is 0.185 e. The van der Waals surface area contributed by atoms with Gasteiger partial charge in [0.05, 0.1) is 13.3 Å². The molecule has 0 saturated heterocycles. The second kappa shape index (κ2) is 6.00. The van der Waals surface area contributed by atoms with E-state index in [0.29, 0.717) is 23.9 Å². The van der Waals surface area contributed by atoms with Crippen LogP contribution in [0.1, 0.15) is 43.1 Å². The highest BCUT2D eigenvalue weighted by molar-refractivity contribution is 5.97. The number of nitrogens with one attached hydrogen (secondary N) is 1. The number of ketones is 1. The van der Waals surface area contributed by atoms with Gasteiger partial charge in [0, 0.05) is 25.6 Å². The van der Waals surface area contributed by atoms with Gasteiger partial charge < -0.3 is 10.1 Å². The molecule has 1 N–H and O–H groups in total. The van der Waals surface area contributed by atoms with Crippen molar-refractivity contribution < 1.29 is 9.53 Å². The second-order valence-corrected chi connectivity index (χ2v) is 4.69. The largest absolute Gasteiger partial charge is 0.493 e. The quantitative estimate of drug-likeness (QED) is 0.713. The molecule has 1 saturated carbocycles. The van der Waals surface area contributed by atoms with E-state index in [-0.39, 0.29) is 5.78 Å². The second-order valence-electron chi connectivity index (χ2n) is 4.69. The third-order valence-electron chi connectivity index (χ3n) is 3.09. The summed E-state index contributed by atoms with van der Waals surface area (Å²) in [6, 6.07) is 0.639. The van der Waals surface area contributed by atoms with Crippen LogP contribution in [0.25, 0.3) is 0 Å². The third kappa shape index (κ3) is 3.10. The van der Waals surface area contributed by atoms with Gasteiger partial charge in [-0.1, -0.05) is 6.92 Å². The van der Waals surface area contributed by atoms with E-state index in [2.05, 4.69) is 17.3 Å². The molecule has 0 spiro atoms. The summed E-state index contributed by atoms with van der Waals surface area (Å²) >= 11 is 0. The average Bonchev–Trinajstić information content (AvgIpc) is 3.09. The Labute approximate surface area is 108 Å². The fourth-order valence-electron chi connectivity index (χ4n) is 1.98. The van der Waals surface area contributed by atoms with Crippen molar-refractivity contribution in [1.82, 2.24) is 15.1 Å². The van der Waals surface area contributed by atoms with Crippen molar-refractivity contribution >= 4 is 5.78 Å². The van der Waals surface area contributed by atoms with Crippen molar-refractivity contribution in [2.45, 2.75) is 45.2 Å². The molecule has 1 aromatic heterocycles. The fraction of sp³-hybridized carbons (Fsp3) is 0.692. The van der Waals surface area contributed by atoms with E-state index in [1.807, 2.05) is 0 Å². The van der Waals surface area contributed by atoms with Gasteiger partial charge in [-0.2, -0.15) is 5.10 Å². The summed E-state index contributed by atoms with van der Waals surface area (Å²) in [5.74, 6) is 0.686. The Kier molecular flexibility index (Phi) is 4.36. The molecule has 0 unspecified atom stereocenters. The van der Waals surface area contributed by atoms with E-state index in [1.165, 1.54) is 12.8 Å². The van der Waals surface area contributed by atoms with Crippen molar-refractivity contribution in [2.24, 2.45) is 0 Å². The minimum Gasteiger partial charge on any atom is -0.493 e. The molecule has 5 nitrogen and oxygen atoms in total. The Bertz CT molecular complexity index is 410. The summed E-state index contributed by atoms with van der Waals surface area (Å²) in [5.41, 5.74) is 0.608. The molecule has 0 atom stereocenters. The van der Waals surface area contributed by atoms with Crippen molar-refractivity contribution in [3.05, 3.63) is 11.9 Å². The van der Waals surface area contributed by atoms with E-state index in [4.69, 9.17) is 4.74 Å². The first-order chi connectivity index (χ1) is 8.76. The zero-order valence-electron chi connectivity index (χ0n) is 11.1. The number of Topliss-reactive ketones (excluding diaryl/α,β-unsaturated/α-hetero) is 1. The Morgan fingerprint density at radius 3 is 3.00 bits per heavy atom. The van der Waals surface area contributed by atoms with Crippen LogP contribution in [0.15, 0.2) is 6.20 Å². The maximum atomic E-state index is 12.2. The van der Waals surface area contributed by atoms with Crippen LogP contribution >= 0.6 is 0 Å². The van der Waals surface area contributed by atoms with Gasteiger partial charge >= 0.3 is 0 Å². The molecule has 1 aromatic rings. The number of nitrogens with zero attached hydrogens (tertiary/aromatic N) is 2. The van der Waals surface area contributed by atoms with Gasteiger partial charge in [-0.15, -0.1) is 0 Å². The van der Waals surface area contributed by atoms with Gasteiger partial charge in [-0.25, -0.2) is 0 Å². The van der Waals surface area contributed by atoms with E-state index >= 15 is 0 Å². The first-order valence-corrected chi connectivity index (χ1v) is 6.62. The highest BCUT2D eigenvalue weighted by atomic mass is 16.5. The number of carbonyl (C=O) groups is 1. The van der Waals surface area contributed by atoms with Crippen LogP contribution in [0.4, 0.5) is 0 Å². The molecule has 0 radical (unpaired) electrons. The Morgan fingerprint density at radius 1 is 1.61 bits per heavy atom. The van der Waals surface area contributed by atoms with Crippen molar-refractivity contribution in [2.75, 3.05) is 13.7 Å². The Balaban J connectivity index is 1.98. The Hall–Kier alpha value is -1.36. The predicted molar refractivity (Wildman–Crippen MR) is 69.0 cm³/mol. The Morgan fingerprint density at radius 2 is 2.39 bits per heavy atom. The molecular formula is C13H21N3O2. The number of carbonyl (C=O) groups excluding carboxylic acids is 1. The van der Waals surface area contributed by atoms with E-state index < -0.39 is 0 Å². The van der Waals surface area contributed by atoms with Gasteiger partial charge in [-0.05, 0) is 19.3 Å². The number of ether oxygens (including phenoxy) is 1. The van der Waals surface area contributed by atoms with Gasteiger partial charge in [0.15, 0.2) is 11.5 Å². The lowest BCUT2D eigenvalue weighted by Gasteiger charge is -2.07. The van der Waals surface area contributed by atoms with E-state index in [1.54, 1.807) is 18.0 Å². The monoisotopic (exact) mass is 251 g/mol. The van der Waals surface area contributed by atoms with Gasteiger partial charge in [-0.3, -0.25) is 9.48 Å². The average molecular weight is 251 g/mol. The van der Waals surface area contributed by atoms with Gasteiger partial charge in [0.1, 0.15) is 5.69 Å². The van der Waals surface area contributed by atoms with Gasteiger partial charge in [0.2, 0.25) is 0 Å². The van der Waals surface area contributed by atoms with Crippen LogP contribution in [-0.4, -0.2) is 35.3 Å². The molecule has 0 bridgehead atoms. The molecule has 0 aromatic carbocycles. The molecule has 0 amide bonds. The summed E-state index contributed by atoms with van der Waals surface area (Å²) in [5, 5.41) is 7.55. The van der Waals surface area contributed by atoms with Crippen LogP contribution in [0.2, 0.25) is 0 Å². The van der Waals surface area contributed by atoms with Crippen LogP contribution in [0.5, 0.6) is 5.75 Å². The lowest BCUT2D eigenvalue weighted by molar-refractivity contribution is 0.0968. The molecule has 1 heterocycles. The molecule has 1 aliphatic carbocycles. The maximum absolute atomic E-state index is 12.2. The molecule has 100 valence electrons. The molecule has 18 heavy (non-hydrogen) atoms. The van der Waals surface area contributed by atoms with Gasteiger partial charge in [0.25, 0.3) is 0 Å². The third-order valence-corrected chi connectivity index (χ3v) is 3.09. The van der Waals surface area contributed by atoms with Crippen molar-refractivity contribution in [3.8, 4) is 5.75 Å². The lowest BCUT2D eigenvalue weighted by atomic mass is 10.2. The zero-order chi connectivity index (χ0) is 13.0. The molecule has 5 heteroatoms. The van der Waals surface area contributed by atoms with Crippen LogP contribution in [-0.2, 0) is 6.54 Å². The predicted octanol–water partition coefficient (Wildman–Crippen LogP) is 1.63. The number of hydrogen-bond acceptors (Lipinski definition) is 4. The summed E-state index contributed by atoms with van der Waals surface area (Å²) in [6.07, 6.45) is 5.56. The summed E-state index contributed by atoms with van der Waals surface area (Å²) in [7, 11) is 1.58. The van der Waals surface area contributed by atoms with Crippen LogP contribution in [0.3, 0.4) is 0 Å². The highest BCUT2D eigenvalue weighted by Crippen LogP contribution is 2.21. The minimum atomic E-state index is 0.103. The molecule has 2 rings (SSSR count). The summed E-state index contributed by atoms with van der Waals surface area (Å²) in [4.78, 5) is 12.2. The molecule has 1 aliphatic rings. The lowest BCUT2D eigenvalue weighted by Crippen LogP contribution is -2.21. The fourth-order valence-corrected chi connectivity index (χ4v) is 1.98. The first-order valence-electron chi connectivity index (χ1n) is 6.62. The first kappa shape index (κ1) is 13.1. The van der Waals surface area contributed by atoms with Crippen LogP contribution < -0.4 is 10.1 Å². The minimum absolute atomic E-state index is 0.103. The zero-order valence-corrected chi connectivity index (χ0v) is 11.1. The van der Waals surface area contributed by atoms with Crippen molar-refractivity contribution in [1.29, 1.82) is 0 Å². The summed E-state index contributed by atoms with van der Waals surface area (Å²) < 4.78 is 6.96. The van der Waals surface area contributed by atoms with E-state index in [9.17, 15) is 4.79 Å². The smallest absolute Gasteiger partial charge is 0.185 e. The normalized spacial score (nSPS) is 14.8. The van der Waals surface area contributed by atoms with E-state index in [0.717, 1.165) is 19.5 Å². The topological polar surface area (TPSA) is 56.2 Å². The molecule has 1 fully saturated rings. The molecule has 0 aliphatic heterocycles. The standard InChI is InChI=1S/C13H21N3O2/c1-3-8-16-13(12(18-2)9-15-16)11(17)6-7-14-10-4-5-10/h9-10,14H,3-8H2,1-2H3. The SMILES string of the molecule is CCCn1ncc(OC)c1C(=O)CCNC1CC1. The number of aromatic nitrogens is 2.